The van der Waals surface area contributed by atoms with Crippen LogP contribution in [0.25, 0.3) is 21.7 Å². The molecule has 3 aromatic rings. The molecule has 1 aromatic heterocycles. The third-order valence-corrected chi connectivity index (χ3v) is 4.98. The quantitative estimate of drug-likeness (QED) is 0.638. The lowest BCUT2D eigenvalue weighted by Gasteiger charge is -2.32. The first-order valence-electron chi connectivity index (χ1n) is 7.63. The SMILES string of the molecule is CC1(C)OB(c2ccc3c(ccc4ccoc43)c2)OC1(C)C. The Morgan fingerprint density at radius 2 is 1.50 bits per heavy atom. The summed E-state index contributed by atoms with van der Waals surface area (Å²) < 4.78 is 17.9. The van der Waals surface area contributed by atoms with Crippen molar-refractivity contribution in [3.63, 3.8) is 0 Å². The molecule has 2 heterocycles. The van der Waals surface area contributed by atoms with Gasteiger partial charge in [0.15, 0.2) is 0 Å². The molecular weight excluding hydrogens is 275 g/mol. The van der Waals surface area contributed by atoms with Gasteiger partial charge in [-0.1, -0.05) is 30.3 Å². The van der Waals surface area contributed by atoms with Gasteiger partial charge < -0.3 is 13.7 Å². The van der Waals surface area contributed by atoms with Crippen molar-refractivity contribution < 1.29 is 13.7 Å². The van der Waals surface area contributed by atoms with E-state index in [1.54, 1.807) is 6.26 Å². The van der Waals surface area contributed by atoms with E-state index >= 15 is 0 Å². The third kappa shape index (κ3) is 1.91. The minimum absolute atomic E-state index is 0.322. The van der Waals surface area contributed by atoms with Gasteiger partial charge in [-0.25, -0.2) is 0 Å². The zero-order valence-corrected chi connectivity index (χ0v) is 13.3. The normalized spacial score (nSPS) is 20.1. The van der Waals surface area contributed by atoms with Gasteiger partial charge >= 0.3 is 7.12 Å². The van der Waals surface area contributed by atoms with Gasteiger partial charge in [0.05, 0.1) is 17.5 Å². The minimum atomic E-state index is -0.332. The van der Waals surface area contributed by atoms with Gasteiger partial charge in [-0.3, -0.25) is 0 Å². The highest BCUT2D eigenvalue weighted by Crippen LogP contribution is 2.36. The fraction of sp³-hybridized carbons (Fsp3) is 0.333. The van der Waals surface area contributed by atoms with Gasteiger partial charge in [-0.2, -0.15) is 0 Å². The van der Waals surface area contributed by atoms with Gasteiger partial charge in [0, 0.05) is 10.8 Å². The maximum Gasteiger partial charge on any atom is 0.494 e. The fourth-order valence-electron chi connectivity index (χ4n) is 2.90. The van der Waals surface area contributed by atoms with Crippen LogP contribution in [-0.2, 0) is 9.31 Å². The number of furan rings is 1. The average molecular weight is 294 g/mol. The van der Waals surface area contributed by atoms with Crippen LogP contribution < -0.4 is 5.46 Å². The fourth-order valence-corrected chi connectivity index (χ4v) is 2.90. The van der Waals surface area contributed by atoms with Crippen LogP contribution in [-0.4, -0.2) is 18.3 Å². The summed E-state index contributed by atoms with van der Waals surface area (Å²) in [6.07, 6.45) is 1.73. The maximum atomic E-state index is 6.13. The molecule has 0 spiro atoms. The Bertz CT molecular complexity index is 847. The summed E-state index contributed by atoms with van der Waals surface area (Å²) in [6, 6.07) is 12.4. The highest BCUT2D eigenvalue weighted by molar-refractivity contribution is 6.62. The van der Waals surface area contributed by atoms with Crippen molar-refractivity contribution in [3.05, 3.63) is 42.7 Å². The molecule has 1 aliphatic rings. The average Bonchev–Trinajstić information content (AvgIpc) is 3.01. The molecule has 112 valence electrons. The highest BCUT2D eigenvalue weighted by atomic mass is 16.7. The zero-order valence-electron chi connectivity index (χ0n) is 13.3. The van der Waals surface area contributed by atoms with Crippen LogP contribution in [0.15, 0.2) is 47.1 Å². The number of hydrogen-bond acceptors (Lipinski definition) is 3. The summed E-state index contributed by atoms with van der Waals surface area (Å²) in [5.74, 6) is 0. The predicted octanol–water partition coefficient (Wildman–Crippen LogP) is 3.89. The first-order chi connectivity index (χ1) is 10.4. The second-order valence-electron chi connectivity index (χ2n) is 6.97. The minimum Gasteiger partial charge on any atom is -0.464 e. The zero-order chi connectivity index (χ0) is 15.5. The predicted molar refractivity (Wildman–Crippen MR) is 89.4 cm³/mol. The molecule has 0 radical (unpaired) electrons. The summed E-state index contributed by atoms with van der Waals surface area (Å²) in [4.78, 5) is 0. The lowest BCUT2D eigenvalue weighted by molar-refractivity contribution is 0.00578. The van der Waals surface area contributed by atoms with Crippen LogP contribution in [0.3, 0.4) is 0 Å². The van der Waals surface area contributed by atoms with Crippen LogP contribution in [0.5, 0.6) is 0 Å². The molecule has 1 saturated heterocycles. The smallest absolute Gasteiger partial charge is 0.464 e. The Hall–Kier alpha value is -1.78. The van der Waals surface area contributed by atoms with Gasteiger partial charge in [0.25, 0.3) is 0 Å². The van der Waals surface area contributed by atoms with Gasteiger partial charge in [-0.15, -0.1) is 0 Å². The van der Waals surface area contributed by atoms with E-state index in [4.69, 9.17) is 13.7 Å². The van der Waals surface area contributed by atoms with Gasteiger partial charge in [0.2, 0.25) is 0 Å². The van der Waals surface area contributed by atoms with Crippen molar-refractivity contribution in [2.75, 3.05) is 0 Å². The summed E-state index contributed by atoms with van der Waals surface area (Å²) in [5, 5.41) is 3.37. The summed E-state index contributed by atoms with van der Waals surface area (Å²) in [6.45, 7) is 8.28. The van der Waals surface area contributed by atoms with Crippen molar-refractivity contribution in [2.45, 2.75) is 38.9 Å². The van der Waals surface area contributed by atoms with Gasteiger partial charge in [-0.05, 0) is 44.6 Å². The monoisotopic (exact) mass is 294 g/mol. The Labute approximate surface area is 130 Å². The largest absolute Gasteiger partial charge is 0.494 e. The first kappa shape index (κ1) is 13.9. The van der Waals surface area contributed by atoms with Crippen LogP contribution in [0.2, 0.25) is 0 Å². The molecule has 3 nitrogen and oxygen atoms in total. The third-order valence-electron chi connectivity index (χ3n) is 4.98. The van der Waals surface area contributed by atoms with Crippen molar-refractivity contribution in [2.24, 2.45) is 0 Å². The van der Waals surface area contributed by atoms with Crippen molar-refractivity contribution in [1.82, 2.24) is 0 Å². The van der Waals surface area contributed by atoms with Crippen LogP contribution in [0.1, 0.15) is 27.7 Å². The molecule has 1 aliphatic heterocycles. The topological polar surface area (TPSA) is 31.6 Å². The van der Waals surface area contributed by atoms with Crippen molar-refractivity contribution in [3.8, 4) is 0 Å². The number of fused-ring (bicyclic) bond motifs is 3. The van der Waals surface area contributed by atoms with E-state index in [1.165, 1.54) is 0 Å². The molecule has 0 N–H and O–H groups in total. The van der Waals surface area contributed by atoms with E-state index in [0.29, 0.717) is 0 Å². The molecular formula is C18H19BO3. The molecule has 0 bridgehead atoms. The molecule has 4 rings (SSSR count). The molecule has 0 aliphatic carbocycles. The van der Waals surface area contributed by atoms with E-state index in [9.17, 15) is 0 Å². The number of rotatable bonds is 1. The van der Waals surface area contributed by atoms with E-state index in [1.807, 2.05) is 6.07 Å². The van der Waals surface area contributed by atoms with E-state index in [0.717, 1.165) is 27.2 Å². The van der Waals surface area contributed by atoms with E-state index in [-0.39, 0.29) is 18.3 Å². The molecule has 1 fully saturated rings. The molecule has 0 atom stereocenters. The lowest BCUT2D eigenvalue weighted by atomic mass is 9.78. The molecule has 0 saturated carbocycles. The number of hydrogen-bond donors (Lipinski definition) is 0. The molecule has 22 heavy (non-hydrogen) atoms. The Balaban J connectivity index is 1.79. The Morgan fingerprint density at radius 3 is 2.23 bits per heavy atom. The van der Waals surface area contributed by atoms with Crippen LogP contribution >= 0.6 is 0 Å². The second kappa shape index (κ2) is 4.37. The Morgan fingerprint density at radius 1 is 0.818 bits per heavy atom. The molecule has 4 heteroatoms. The highest BCUT2D eigenvalue weighted by Gasteiger charge is 2.51. The molecule has 2 aromatic carbocycles. The lowest BCUT2D eigenvalue weighted by Crippen LogP contribution is -2.41. The van der Waals surface area contributed by atoms with E-state index in [2.05, 4.69) is 58.0 Å². The maximum absolute atomic E-state index is 6.13. The summed E-state index contributed by atoms with van der Waals surface area (Å²) in [7, 11) is -0.332. The van der Waals surface area contributed by atoms with Crippen molar-refractivity contribution >= 4 is 34.3 Å². The first-order valence-corrected chi connectivity index (χ1v) is 7.63. The second-order valence-corrected chi connectivity index (χ2v) is 6.97. The van der Waals surface area contributed by atoms with E-state index < -0.39 is 0 Å². The Kier molecular flexibility index (Phi) is 2.75. The standard InChI is InChI=1S/C18H19BO3/c1-17(2)18(3,4)22-19(21-17)14-7-8-15-13(11-14)6-5-12-9-10-20-16(12)15/h5-11H,1-4H3. The van der Waals surface area contributed by atoms with Crippen LogP contribution in [0.4, 0.5) is 0 Å². The van der Waals surface area contributed by atoms with Gasteiger partial charge in [0.1, 0.15) is 5.58 Å². The van der Waals surface area contributed by atoms with Crippen LogP contribution in [0, 0.1) is 0 Å². The number of benzene rings is 2. The molecule has 0 unspecified atom stereocenters. The summed E-state index contributed by atoms with van der Waals surface area (Å²) >= 11 is 0. The molecule has 0 amide bonds. The summed E-state index contributed by atoms with van der Waals surface area (Å²) in [5.41, 5.74) is 1.32. The van der Waals surface area contributed by atoms with Crippen molar-refractivity contribution in [1.29, 1.82) is 0 Å².